The highest BCUT2D eigenvalue weighted by Crippen LogP contribution is 2.33. The third kappa shape index (κ3) is 6.06. The molecule has 0 atom stereocenters. The van der Waals surface area contributed by atoms with Gasteiger partial charge in [-0.3, -0.25) is 15.0 Å². The molecule has 1 aromatic heterocycles. The van der Waals surface area contributed by atoms with Crippen molar-refractivity contribution in [3.8, 4) is 5.88 Å². The Morgan fingerprint density at radius 1 is 1.30 bits per heavy atom. The minimum absolute atomic E-state index is 0.00794. The molecule has 0 spiro atoms. The number of carbonyl (C=O) groups is 2. The molecule has 2 aliphatic carbocycles. The maximum Gasteiger partial charge on any atom is 0.320 e. The number of nitrogens with one attached hydrogen (secondary N) is 2. The summed E-state index contributed by atoms with van der Waals surface area (Å²) in [6, 6.07) is 3.22. The van der Waals surface area contributed by atoms with E-state index < -0.39 is 5.97 Å². The van der Waals surface area contributed by atoms with E-state index in [-0.39, 0.29) is 30.8 Å². The summed E-state index contributed by atoms with van der Waals surface area (Å²) in [5.74, 6) is 0.599. The van der Waals surface area contributed by atoms with Gasteiger partial charge in [-0.2, -0.15) is 0 Å². The number of aliphatic carboxylic acids is 1. The van der Waals surface area contributed by atoms with Crippen molar-refractivity contribution in [3.63, 3.8) is 0 Å². The van der Waals surface area contributed by atoms with Crippen molar-refractivity contribution in [1.29, 1.82) is 0 Å². The molecule has 3 rings (SSSR count). The summed E-state index contributed by atoms with van der Waals surface area (Å²) >= 11 is 0. The molecule has 2 saturated carbocycles. The number of hydrogen-bond donors (Lipinski definition) is 3. The highest BCUT2D eigenvalue weighted by atomic mass is 16.5. The molecular weight excluding hydrogens is 350 g/mol. The normalized spacial score (nSPS) is 21.6. The van der Waals surface area contributed by atoms with Crippen molar-refractivity contribution in [2.75, 3.05) is 18.4 Å². The second-order valence-electron chi connectivity index (χ2n) is 7.61. The average molecular weight is 377 g/mol. The predicted octanol–water partition coefficient (Wildman–Crippen LogP) is 1.71. The Balaban J connectivity index is 1.41. The number of nitrogens with zero attached hydrogens (tertiary/aromatic N) is 3. The first-order valence-electron chi connectivity index (χ1n) is 9.42. The van der Waals surface area contributed by atoms with E-state index in [4.69, 9.17) is 9.84 Å². The molecule has 0 aliphatic heterocycles. The molecule has 0 saturated heterocycles. The molecule has 2 amide bonds. The molecule has 2 fully saturated rings. The molecule has 9 nitrogen and oxygen atoms in total. The zero-order valence-corrected chi connectivity index (χ0v) is 15.7. The van der Waals surface area contributed by atoms with Crippen molar-refractivity contribution in [2.24, 2.45) is 5.92 Å². The van der Waals surface area contributed by atoms with E-state index in [0.29, 0.717) is 17.6 Å². The molecular formula is C18H27N5O4. The molecule has 2 aliphatic rings. The Labute approximate surface area is 158 Å². The highest BCUT2D eigenvalue weighted by molar-refractivity contribution is 5.88. The van der Waals surface area contributed by atoms with Crippen LogP contribution in [0.3, 0.4) is 0 Å². The van der Waals surface area contributed by atoms with Gasteiger partial charge in [-0.1, -0.05) is 0 Å². The van der Waals surface area contributed by atoms with E-state index >= 15 is 0 Å². The van der Waals surface area contributed by atoms with Crippen LogP contribution in [0.1, 0.15) is 39.5 Å². The first kappa shape index (κ1) is 19.3. The number of aromatic nitrogens is 2. The quantitative estimate of drug-likeness (QED) is 0.600. The number of rotatable bonds is 9. The second-order valence-corrected chi connectivity index (χ2v) is 7.61. The molecule has 0 radical (unpaired) electrons. The maximum atomic E-state index is 12.1. The summed E-state index contributed by atoms with van der Waals surface area (Å²) in [5, 5.41) is 22.5. The van der Waals surface area contributed by atoms with Gasteiger partial charge in [0.05, 0.1) is 12.6 Å². The predicted molar refractivity (Wildman–Crippen MR) is 98.7 cm³/mol. The molecule has 0 unspecified atom stereocenters. The van der Waals surface area contributed by atoms with Crippen LogP contribution in [0.15, 0.2) is 12.1 Å². The Hall–Kier alpha value is -2.42. The molecule has 27 heavy (non-hydrogen) atoms. The first-order valence-corrected chi connectivity index (χ1v) is 9.42. The van der Waals surface area contributed by atoms with Crippen LogP contribution in [-0.2, 0) is 4.79 Å². The van der Waals surface area contributed by atoms with E-state index in [0.717, 1.165) is 19.4 Å². The van der Waals surface area contributed by atoms with E-state index in [9.17, 15) is 9.59 Å². The summed E-state index contributed by atoms with van der Waals surface area (Å²) in [6.07, 6.45) is 3.92. The van der Waals surface area contributed by atoms with Gasteiger partial charge in [0.15, 0.2) is 5.82 Å². The highest BCUT2D eigenvalue weighted by Gasteiger charge is 2.37. The monoisotopic (exact) mass is 377 g/mol. The zero-order chi connectivity index (χ0) is 19.4. The van der Waals surface area contributed by atoms with Crippen LogP contribution in [-0.4, -0.2) is 63.5 Å². The van der Waals surface area contributed by atoms with Gasteiger partial charge in [-0.05, 0) is 51.5 Å². The number of anilines is 1. The molecule has 9 heteroatoms. The lowest BCUT2D eigenvalue weighted by molar-refractivity contribution is -0.139. The maximum absolute atomic E-state index is 12.1. The average Bonchev–Trinajstić information content (AvgIpc) is 3.35. The van der Waals surface area contributed by atoms with Gasteiger partial charge in [0.1, 0.15) is 0 Å². The standard InChI is InChI=1S/C18H27N5O4/c1-11(2)27-16-6-5-15(21-22-16)20-18(26)19-13-7-14(8-13)23(10-17(24)25)9-12-3-4-12/h5-6,11-14H,3-4,7-10H2,1-2H3,(H,24,25)(H2,19,20,21,26). The fraction of sp³-hybridized carbons (Fsp3) is 0.667. The zero-order valence-electron chi connectivity index (χ0n) is 15.7. The van der Waals surface area contributed by atoms with E-state index in [2.05, 4.69) is 20.8 Å². The van der Waals surface area contributed by atoms with Gasteiger partial charge in [0.2, 0.25) is 5.88 Å². The summed E-state index contributed by atoms with van der Waals surface area (Å²) < 4.78 is 5.41. The van der Waals surface area contributed by atoms with E-state index in [1.807, 2.05) is 18.7 Å². The van der Waals surface area contributed by atoms with Gasteiger partial charge in [-0.25, -0.2) is 4.79 Å². The van der Waals surface area contributed by atoms with Crippen LogP contribution in [0, 0.1) is 5.92 Å². The van der Waals surface area contributed by atoms with Crippen LogP contribution in [0.5, 0.6) is 5.88 Å². The van der Waals surface area contributed by atoms with Gasteiger partial charge >= 0.3 is 12.0 Å². The molecule has 148 valence electrons. The van der Waals surface area contributed by atoms with Crippen molar-refractivity contribution in [2.45, 2.75) is 57.7 Å². The van der Waals surface area contributed by atoms with Crippen molar-refractivity contribution in [3.05, 3.63) is 12.1 Å². The van der Waals surface area contributed by atoms with E-state index in [1.165, 1.54) is 12.8 Å². The number of ether oxygens (including phenoxy) is 1. The summed E-state index contributed by atoms with van der Waals surface area (Å²) in [7, 11) is 0. The fourth-order valence-corrected chi connectivity index (χ4v) is 3.18. The summed E-state index contributed by atoms with van der Waals surface area (Å²) in [4.78, 5) is 25.2. The number of carboxylic acids is 1. The molecule has 3 N–H and O–H groups in total. The Kier molecular flexibility index (Phi) is 6.10. The Morgan fingerprint density at radius 2 is 2.04 bits per heavy atom. The van der Waals surface area contributed by atoms with Gasteiger partial charge in [-0.15, -0.1) is 10.2 Å². The third-order valence-corrected chi connectivity index (χ3v) is 4.73. The molecule has 1 aromatic rings. The summed E-state index contributed by atoms with van der Waals surface area (Å²) in [5.41, 5.74) is 0. The van der Waals surface area contributed by atoms with Gasteiger partial charge in [0.25, 0.3) is 0 Å². The number of carboxylic acid groups (broad SMARTS) is 1. The summed E-state index contributed by atoms with van der Waals surface area (Å²) in [6.45, 7) is 4.71. The lowest BCUT2D eigenvalue weighted by atomic mass is 9.85. The smallest absolute Gasteiger partial charge is 0.320 e. The number of urea groups is 1. The third-order valence-electron chi connectivity index (χ3n) is 4.73. The Bertz CT molecular complexity index is 656. The second kappa shape index (κ2) is 8.51. The number of carbonyl (C=O) groups excluding carboxylic acids is 1. The first-order chi connectivity index (χ1) is 12.9. The van der Waals surface area contributed by atoms with Crippen molar-refractivity contribution < 1.29 is 19.4 Å². The Morgan fingerprint density at radius 3 is 2.59 bits per heavy atom. The molecule has 0 aromatic carbocycles. The molecule has 0 bridgehead atoms. The minimum Gasteiger partial charge on any atom is -0.480 e. The fourth-order valence-electron chi connectivity index (χ4n) is 3.18. The number of amides is 2. The van der Waals surface area contributed by atoms with Crippen LogP contribution >= 0.6 is 0 Å². The van der Waals surface area contributed by atoms with Gasteiger partial charge < -0.3 is 15.2 Å². The van der Waals surface area contributed by atoms with Crippen LogP contribution in [0.4, 0.5) is 10.6 Å². The van der Waals surface area contributed by atoms with Crippen LogP contribution < -0.4 is 15.4 Å². The number of hydrogen-bond acceptors (Lipinski definition) is 6. The van der Waals surface area contributed by atoms with Crippen molar-refractivity contribution in [1.82, 2.24) is 20.4 Å². The minimum atomic E-state index is -0.798. The lowest BCUT2D eigenvalue weighted by Crippen LogP contribution is -2.55. The SMILES string of the molecule is CC(C)Oc1ccc(NC(=O)NC2CC(N(CC(=O)O)CC3CC3)C2)nn1. The van der Waals surface area contributed by atoms with E-state index in [1.54, 1.807) is 12.1 Å². The van der Waals surface area contributed by atoms with Crippen LogP contribution in [0.25, 0.3) is 0 Å². The lowest BCUT2D eigenvalue weighted by Gasteiger charge is -2.42. The van der Waals surface area contributed by atoms with Gasteiger partial charge in [0, 0.05) is 24.7 Å². The largest absolute Gasteiger partial charge is 0.480 e. The molecule has 1 heterocycles. The van der Waals surface area contributed by atoms with Crippen LogP contribution in [0.2, 0.25) is 0 Å². The topological polar surface area (TPSA) is 117 Å². The van der Waals surface area contributed by atoms with Crippen molar-refractivity contribution >= 4 is 17.8 Å².